The number of rotatable bonds is 9. The van der Waals surface area contributed by atoms with Crippen molar-refractivity contribution in [3.63, 3.8) is 0 Å². The van der Waals surface area contributed by atoms with Gasteiger partial charge in [0.25, 0.3) is 12.2 Å². The summed E-state index contributed by atoms with van der Waals surface area (Å²) in [6, 6.07) is 14.5. The molecule has 0 heterocycles. The maximum Gasteiger partial charge on any atom is 0.298 e. The molecule has 1 N–H and O–H groups in total. The van der Waals surface area contributed by atoms with Crippen LogP contribution in [0, 0.1) is 22.5 Å². The summed E-state index contributed by atoms with van der Waals surface area (Å²) in [7, 11) is 0. The molecule has 8 nitrogen and oxygen atoms in total. The first-order valence-corrected chi connectivity index (χ1v) is 11.0. The van der Waals surface area contributed by atoms with Crippen LogP contribution in [0.1, 0.15) is 48.7 Å². The fourth-order valence-corrected chi connectivity index (χ4v) is 3.62. The molecule has 8 heteroatoms. The van der Waals surface area contributed by atoms with E-state index < -0.39 is 4.92 Å². The number of aromatic hydroxyl groups is 1. The van der Waals surface area contributed by atoms with Gasteiger partial charge in [-0.2, -0.15) is 0 Å². The van der Waals surface area contributed by atoms with Gasteiger partial charge in [-0.1, -0.05) is 39.0 Å². The predicted molar refractivity (Wildman–Crippen MR) is 131 cm³/mol. The van der Waals surface area contributed by atoms with E-state index in [4.69, 9.17) is 9.47 Å². The van der Waals surface area contributed by atoms with Crippen LogP contribution < -0.4 is 9.47 Å². The first-order chi connectivity index (χ1) is 16.5. The number of carbonyl (C=O) groups is 2. The lowest BCUT2D eigenvalue weighted by atomic mass is 9.87. The molecule has 0 radical (unpaired) electrons. The van der Waals surface area contributed by atoms with Crippen molar-refractivity contribution in [1.29, 1.82) is 0 Å². The first kappa shape index (κ1) is 25.4. The number of nitro benzene ring substituents is 1. The molecule has 0 bridgehead atoms. The molecule has 3 aromatic carbocycles. The van der Waals surface area contributed by atoms with Gasteiger partial charge in [-0.25, -0.2) is 0 Å². The fraction of sp³-hybridized carbons (Fsp3) is 0.259. The van der Waals surface area contributed by atoms with Gasteiger partial charge in [0.05, 0.1) is 16.6 Å². The number of phenolic OH excluding ortho intramolecular Hbond substituents is 1. The van der Waals surface area contributed by atoms with Crippen LogP contribution in [0.3, 0.4) is 0 Å². The number of hydrogen-bond donors (Lipinski definition) is 1. The standard InChI is InChI=1S/C27H27NO7/c1-17-25(9-8-23(26(17)31)24(30)14-27(2,3)4)34-15-18-6-5-7-19(10-18)20-11-21(28(32)33)13-22(12-20)35-16-29/h5-13,16,31H,14-15H2,1-4H3. The molecule has 3 aromatic rings. The van der Waals surface area contributed by atoms with Crippen LogP contribution in [0.2, 0.25) is 0 Å². The number of non-ortho nitro benzene ring substituents is 1. The molecule has 0 saturated heterocycles. The van der Waals surface area contributed by atoms with E-state index in [1.54, 1.807) is 37.3 Å². The maximum atomic E-state index is 12.6. The van der Waals surface area contributed by atoms with E-state index in [0.29, 0.717) is 28.9 Å². The van der Waals surface area contributed by atoms with Gasteiger partial charge in [0.15, 0.2) is 5.78 Å². The minimum Gasteiger partial charge on any atom is -0.507 e. The van der Waals surface area contributed by atoms with Gasteiger partial charge in [0.2, 0.25) is 0 Å². The number of ether oxygens (including phenoxy) is 2. The largest absolute Gasteiger partial charge is 0.507 e. The Bertz CT molecular complexity index is 1280. The van der Waals surface area contributed by atoms with Crippen LogP contribution in [0.5, 0.6) is 17.2 Å². The fourth-order valence-electron chi connectivity index (χ4n) is 3.62. The summed E-state index contributed by atoms with van der Waals surface area (Å²) < 4.78 is 10.7. The van der Waals surface area contributed by atoms with Gasteiger partial charge >= 0.3 is 0 Å². The summed E-state index contributed by atoms with van der Waals surface area (Å²) >= 11 is 0. The average Bonchev–Trinajstić information content (AvgIpc) is 2.79. The summed E-state index contributed by atoms with van der Waals surface area (Å²) in [6.07, 6.45) is 0.310. The molecule has 0 saturated carbocycles. The smallest absolute Gasteiger partial charge is 0.298 e. The number of nitrogens with zero attached hydrogens (tertiary/aromatic N) is 1. The number of Topliss-reactive ketones (excluding diaryl/α,β-unsaturated/α-hetero) is 1. The third-order valence-electron chi connectivity index (χ3n) is 5.31. The number of nitro groups is 1. The highest BCUT2D eigenvalue weighted by atomic mass is 16.6. The van der Waals surface area contributed by atoms with E-state index in [2.05, 4.69) is 0 Å². The molecule has 0 unspecified atom stereocenters. The summed E-state index contributed by atoms with van der Waals surface area (Å²) in [6.45, 7) is 7.95. The number of phenols is 1. The Morgan fingerprint density at radius 1 is 1.09 bits per heavy atom. The second kappa shape index (κ2) is 10.4. The molecular formula is C27H27NO7. The summed E-state index contributed by atoms with van der Waals surface area (Å²) in [5, 5.41) is 21.8. The van der Waals surface area contributed by atoms with Gasteiger partial charge in [0.1, 0.15) is 23.9 Å². The number of benzene rings is 3. The number of ketones is 1. The Balaban J connectivity index is 1.82. The summed E-state index contributed by atoms with van der Waals surface area (Å²) in [4.78, 5) is 34.0. The highest BCUT2D eigenvalue weighted by Crippen LogP contribution is 2.34. The Hall–Kier alpha value is -4.20. The minimum atomic E-state index is -0.556. The van der Waals surface area contributed by atoms with Crippen LogP contribution in [0.4, 0.5) is 5.69 Å². The van der Waals surface area contributed by atoms with E-state index in [1.807, 2.05) is 26.8 Å². The van der Waals surface area contributed by atoms with Crippen molar-refractivity contribution in [2.75, 3.05) is 0 Å². The van der Waals surface area contributed by atoms with Gasteiger partial charge in [-0.05, 0) is 53.3 Å². The van der Waals surface area contributed by atoms with Gasteiger partial charge in [-0.15, -0.1) is 0 Å². The van der Waals surface area contributed by atoms with E-state index in [9.17, 15) is 24.8 Å². The second-order valence-corrected chi connectivity index (χ2v) is 9.42. The van der Waals surface area contributed by atoms with Gasteiger partial charge in [0, 0.05) is 18.1 Å². The molecular weight excluding hydrogens is 450 g/mol. The second-order valence-electron chi connectivity index (χ2n) is 9.42. The normalized spacial score (nSPS) is 11.1. The molecule has 0 aliphatic heterocycles. The highest BCUT2D eigenvalue weighted by molar-refractivity contribution is 5.99. The third kappa shape index (κ3) is 6.44. The van der Waals surface area contributed by atoms with E-state index in [-0.39, 0.29) is 47.0 Å². The van der Waals surface area contributed by atoms with Crippen LogP contribution in [-0.2, 0) is 11.4 Å². The number of hydrogen-bond acceptors (Lipinski definition) is 7. The molecule has 0 amide bonds. The van der Waals surface area contributed by atoms with Crippen LogP contribution in [0.25, 0.3) is 11.1 Å². The minimum absolute atomic E-state index is 0.0676. The Kier molecular flexibility index (Phi) is 7.54. The van der Waals surface area contributed by atoms with Crippen molar-refractivity contribution in [3.8, 4) is 28.4 Å². The molecule has 0 fully saturated rings. The van der Waals surface area contributed by atoms with Crippen molar-refractivity contribution in [2.45, 2.75) is 40.7 Å². The van der Waals surface area contributed by atoms with Crippen LogP contribution in [0.15, 0.2) is 54.6 Å². The van der Waals surface area contributed by atoms with E-state index in [0.717, 1.165) is 5.56 Å². The van der Waals surface area contributed by atoms with Crippen molar-refractivity contribution < 1.29 is 29.1 Å². The van der Waals surface area contributed by atoms with Crippen molar-refractivity contribution >= 4 is 17.9 Å². The molecule has 3 rings (SSSR count). The molecule has 35 heavy (non-hydrogen) atoms. The van der Waals surface area contributed by atoms with E-state index >= 15 is 0 Å². The highest BCUT2D eigenvalue weighted by Gasteiger charge is 2.21. The lowest BCUT2D eigenvalue weighted by Gasteiger charge is -2.18. The zero-order valence-electron chi connectivity index (χ0n) is 20.0. The number of carbonyl (C=O) groups excluding carboxylic acids is 2. The maximum absolute atomic E-state index is 12.6. The molecule has 0 aliphatic carbocycles. The molecule has 0 spiro atoms. The zero-order chi connectivity index (χ0) is 25.8. The molecule has 0 aliphatic rings. The van der Waals surface area contributed by atoms with Gasteiger partial charge < -0.3 is 14.6 Å². The third-order valence-corrected chi connectivity index (χ3v) is 5.31. The molecule has 182 valence electrons. The predicted octanol–water partition coefficient (Wildman–Crippen LogP) is 6.01. The lowest BCUT2D eigenvalue weighted by molar-refractivity contribution is -0.384. The van der Waals surface area contributed by atoms with E-state index in [1.165, 1.54) is 18.2 Å². The molecule has 0 atom stereocenters. The van der Waals surface area contributed by atoms with Crippen molar-refractivity contribution in [2.24, 2.45) is 5.41 Å². The topological polar surface area (TPSA) is 116 Å². The van der Waals surface area contributed by atoms with Crippen molar-refractivity contribution in [1.82, 2.24) is 0 Å². The van der Waals surface area contributed by atoms with Crippen molar-refractivity contribution in [3.05, 3.63) is 81.4 Å². The lowest BCUT2D eigenvalue weighted by Crippen LogP contribution is -2.13. The summed E-state index contributed by atoms with van der Waals surface area (Å²) in [5.41, 5.74) is 2.30. The zero-order valence-corrected chi connectivity index (χ0v) is 20.0. The van der Waals surface area contributed by atoms with Gasteiger partial charge in [-0.3, -0.25) is 19.7 Å². The molecule has 0 aromatic heterocycles. The first-order valence-electron chi connectivity index (χ1n) is 11.0. The van der Waals surface area contributed by atoms with Crippen LogP contribution in [-0.4, -0.2) is 22.3 Å². The quantitative estimate of drug-likeness (QED) is 0.174. The summed E-state index contributed by atoms with van der Waals surface area (Å²) in [5.74, 6) is 0.285. The SMILES string of the molecule is Cc1c(OCc2cccc(-c3cc(OC=O)cc([N+](=O)[O-])c3)c2)ccc(C(=O)CC(C)(C)C)c1O. The Morgan fingerprint density at radius 2 is 1.83 bits per heavy atom. The average molecular weight is 478 g/mol. The Labute approximate surface area is 203 Å². The Morgan fingerprint density at radius 3 is 2.49 bits per heavy atom. The monoisotopic (exact) mass is 477 g/mol. The van der Waals surface area contributed by atoms with Crippen LogP contribution >= 0.6 is 0 Å².